The van der Waals surface area contributed by atoms with Gasteiger partial charge in [0.05, 0.1) is 16.7 Å². The van der Waals surface area contributed by atoms with Gasteiger partial charge in [0, 0.05) is 18.3 Å². The van der Waals surface area contributed by atoms with Gasteiger partial charge in [0.1, 0.15) is 0 Å². The standard InChI is InChI=1S/C11H16N2S/c1-4-10(5-2)12-7-6-11-8-14-9(3)13-11/h1,8,10,12H,5-7H2,2-3H3. The van der Waals surface area contributed by atoms with E-state index in [1.54, 1.807) is 11.3 Å². The van der Waals surface area contributed by atoms with Gasteiger partial charge in [-0.1, -0.05) is 12.8 Å². The third-order valence-corrected chi connectivity index (χ3v) is 2.87. The maximum atomic E-state index is 5.34. The molecule has 76 valence electrons. The first-order valence-electron chi connectivity index (χ1n) is 4.86. The number of aromatic nitrogens is 1. The summed E-state index contributed by atoms with van der Waals surface area (Å²) in [6.07, 6.45) is 7.28. The van der Waals surface area contributed by atoms with Gasteiger partial charge < -0.3 is 5.32 Å². The normalized spacial score (nSPS) is 12.4. The Labute approximate surface area is 89.8 Å². The van der Waals surface area contributed by atoms with Crippen LogP contribution in [0.15, 0.2) is 5.38 Å². The molecule has 0 aliphatic heterocycles. The summed E-state index contributed by atoms with van der Waals surface area (Å²) in [5.41, 5.74) is 1.16. The van der Waals surface area contributed by atoms with Crippen LogP contribution in [0.4, 0.5) is 0 Å². The quantitative estimate of drug-likeness (QED) is 0.749. The number of hydrogen-bond donors (Lipinski definition) is 1. The van der Waals surface area contributed by atoms with Crippen molar-refractivity contribution in [3.8, 4) is 12.3 Å². The minimum atomic E-state index is 0.203. The van der Waals surface area contributed by atoms with Gasteiger partial charge >= 0.3 is 0 Å². The molecule has 1 heterocycles. The molecule has 0 bridgehead atoms. The highest BCUT2D eigenvalue weighted by Gasteiger charge is 2.01. The van der Waals surface area contributed by atoms with E-state index in [-0.39, 0.29) is 6.04 Å². The third-order valence-electron chi connectivity index (χ3n) is 2.05. The van der Waals surface area contributed by atoms with Gasteiger partial charge in [-0.05, 0) is 13.3 Å². The van der Waals surface area contributed by atoms with Crippen molar-refractivity contribution >= 4 is 11.3 Å². The molecule has 1 atom stereocenters. The van der Waals surface area contributed by atoms with Crippen LogP contribution in [0.3, 0.4) is 0 Å². The summed E-state index contributed by atoms with van der Waals surface area (Å²) in [5.74, 6) is 2.71. The van der Waals surface area contributed by atoms with E-state index in [9.17, 15) is 0 Å². The third kappa shape index (κ3) is 3.49. The molecule has 0 fully saturated rings. The van der Waals surface area contributed by atoms with E-state index in [0.717, 1.165) is 30.1 Å². The first-order valence-corrected chi connectivity index (χ1v) is 5.74. The fraction of sp³-hybridized carbons (Fsp3) is 0.545. The molecule has 1 aromatic heterocycles. The number of nitrogens with zero attached hydrogens (tertiary/aromatic N) is 1. The summed E-state index contributed by atoms with van der Waals surface area (Å²) in [7, 11) is 0. The number of terminal acetylenes is 1. The molecule has 0 aliphatic rings. The van der Waals surface area contributed by atoms with E-state index < -0.39 is 0 Å². The molecule has 1 unspecified atom stereocenters. The lowest BCUT2D eigenvalue weighted by molar-refractivity contribution is 0.591. The second-order valence-electron chi connectivity index (χ2n) is 3.19. The van der Waals surface area contributed by atoms with Crippen LogP contribution in [0.5, 0.6) is 0 Å². The predicted molar refractivity (Wildman–Crippen MR) is 61.5 cm³/mol. The molecule has 14 heavy (non-hydrogen) atoms. The Morgan fingerprint density at radius 2 is 2.50 bits per heavy atom. The Balaban J connectivity index is 2.25. The van der Waals surface area contributed by atoms with Crippen LogP contribution in [0, 0.1) is 19.3 Å². The summed E-state index contributed by atoms with van der Waals surface area (Å²) in [6.45, 7) is 5.02. The van der Waals surface area contributed by atoms with Gasteiger partial charge in [-0.2, -0.15) is 0 Å². The predicted octanol–water partition coefficient (Wildman–Crippen LogP) is 2.00. The molecule has 0 aromatic carbocycles. The summed E-state index contributed by atoms with van der Waals surface area (Å²) in [6, 6.07) is 0.203. The highest BCUT2D eigenvalue weighted by Crippen LogP contribution is 2.07. The van der Waals surface area contributed by atoms with Crippen molar-refractivity contribution in [1.82, 2.24) is 10.3 Å². The molecular weight excluding hydrogens is 192 g/mol. The fourth-order valence-corrected chi connectivity index (χ4v) is 1.87. The minimum Gasteiger partial charge on any atom is -0.303 e. The molecule has 1 N–H and O–H groups in total. The van der Waals surface area contributed by atoms with Crippen molar-refractivity contribution in [2.24, 2.45) is 0 Å². The second-order valence-corrected chi connectivity index (χ2v) is 4.25. The largest absolute Gasteiger partial charge is 0.303 e. The van der Waals surface area contributed by atoms with Crippen LogP contribution in [0.1, 0.15) is 24.0 Å². The van der Waals surface area contributed by atoms with Crippen molar-refractivity contribution in [2.75, 3.05) is 6.54 Å². The lowest BCUT2D eigenvalue weighted by Gasteiger charge is -2.08. The number of aryl methyl sites for hydroxylation is 1. The average molecular weight is 208 g/mol. The molecular formula is C11H16N2S. The topological polar surface area (TPSA) is 24.9 Å². The Kier molecular flexibility index (Phi) is 4.64. The summed E-state index contributed by atoms with van der Waals surface area (Å²) in [5, 5.41) is 6.54. The molecule has 3 heteroatoms. The first kappa shape index (κ1) is 11.2. The van der Waals surface area contributed by atoms with Crippen molar-refractivity contribution in [3.05, 3.63) is 16.1 Å². The summed E-state index contributed by atoms with van der Waals surface area (Å²) >= 11 is 1.70. The monoisotopic (exact) mass is 208 g/mol. The summed E-state index contributed by atoms with van der Waals surface area (Å²) in [4.78, 5) is 4.39. The van der Waals surface area contributed by atoms with Gasteiger partial charge in [0.15, 0.2) is 0 Å². The van der Waals surface area contributed by atoms with Crippen molar-refractivity contribution in [2.45, 2.75) is 32.7 Å². The number of rotatable bonds is 5. The second kappa shape index (κ2) is 5.79. The zero-order chi connectivity index (χ0) is 10.4. The maximum absolute atomic E-state index is 5.34. The van der Waals surface area contributed by atoms with Gasteiger partial charge in [0.2, 0.25) is 0 Å². The van der Waals surface area contributed by atoms with E-state index in [2.05, 4.69) is 28.5 Å². The Morgan fingerprint density at radius 1 is 1.71 bits per heavy atom. The Morgan fingerprint density at radius 3 is 3.00 bits per heavy atom. The molecule has 2 nitrogen and oxygen atoms in total. The van der Waals surface area contributed by atoms with E-state index in [1.807, 2.05) is 6.92 Å². The molecule has 0 spiro atoms. The zero-order valence-corrected chi connectivity index (χ0v) is 9.53. The summed E-state index contributed by atoms with van der Waals surface area (Å²) < 4.78 is 0. The van der Waals surface area contributed by atoms with Crippen LogP contribution < -0.4 is 5.32 Å². The lowest BCUT2D eigenvalue weighted by atomic mass is 10.2. The molecule has 1 rings (SSSR count). The maximum Gasteiger partial charge on any atom is 0.0897 e. The fourth-order valence-electron chi connectivity index (χ4n) is 1.22. The molecule has 0 amide bonds. The first-order chi connectivity index (χ1) is 6.76. The van der Waals surface area contributed by atoms with E-state index in [1.165, 1.54) is 0 Å². The van der Waals surface area contributed by atoms with Gasteiger partial charge in [0.25, 0.3) is 0 Å². The van der Waals surface area contributed by atoms with Crippen LogP contribution in [0.2, 0.25) is 0 Å². The van der Waals surface area contributed by atoms with Crippen molar-refractivity contribution in [3.63, 3.8) is 0 Å². The lowest BCUT2D eigenvalue weighted by Crippen LogP contribution is -2.28. The number of thiazole rings is 1. The average Bonchev–Trinajstić information content (AvgIpc) is 2.59. The molecule has 0 saturated carbocycles. The zero-order valence-electron chi connectivity index (χ0n) is 8.71. The highest BCUT2D eigenvalue weighted by atomic mass is 32.1. The van der Waals surface area contributed by atoms with E-state index >= 15 is 0 Å². The van der Waals surface area contributed by atoms with E-state index in [4.69, 9.17) is 6.42 Å². The van der Waals surface area contributed by atoms with Crippen LogP contribution >= 0.6 is 11.3 Å². The number of hydrogen-bond acceptors (Lipinski definition) is 3. The van der Waals surface area contributed by atoms with Gasteiger partial charge in [-0.3, -0.25) is 0 Å². The van der Waals surface area contributed by atoms with E-state index in [0.29, 0.717) is 0 Å². The van der Waals surface area contributed by atoms with Crippen LogP contribution in [-0.4, -0.2) is 17.6 Å². The highest BCUT2D eigenvalue weighted by molar-refractivity contribution is 7.09. The minimum absolute atomic E-state index is 0.203. The smallest absolute Gasteiger partial charge is 0.0897 e. The van der Waals surface area contributed by atoms with Crippen molar-refractivity contribution < 1.29 is 0 Å². The van der Waals surface area contributed by atoms with Crippen LogP contribution in [-0.2, 0) is 6.42 Å². The van der Waals surface area contributed by atoms with Crippen molar-refractivity contribution in [1.29, 1.82) is 0 Å². The molecule has 0 radical (unpaired) electrons. The molecule has 0 saturated heterocycles. The Hall–Kier alpha value is -0.850. The molecule has 1 aromatic rings. The van der Waals surface area contributed by atoms with Gasteiger partial charge in [-0.15, -0.1) is 17.8 Å². The van der Waals surface area contributed by atoms with Crippen LogP contribution in [0.25, 0.3) is 0 Å². The molecule has 0 aliphatic carbocycles. The Bertz CT molecular complexity index is 311. The SMILES string of the molecule is C#CC(CC)NCCc1csc(C)n1. The van der Waals surface area contributed by atoms with Gasteiger partial charge in [-0.25, -0.2) is 4.98 Å². The number of nitrogens with one attached hydrogen (secondary N) is 1.